The first-order valence-electron chi connectivity index (χ1n) is 7.23. The number of hydrogen-bond donors (Lipinski definition) is 0. The number of amides is 1. The molecule has 5 nitrogen and oxygen atoms in total. The number of ether oxygens (including phenoxy) is 2. The maximum absolute atomic E-state index is 12.5. The standard InChI is InChI=1S/C16H19NO4/c1-11-5-7-12(8-6-11)20-10-16(2)15(19)17-9-3-4-13(17)14(18)21-16/h5-8,13H,3-4,9-10H2,1-2H3/t13-,16-/m1/s1. The molecule has 1 amide bonds. The summed E-state index contributed by atoms with van der Waals surface area (Å²) in [4.78, 5) is 26.2. The van der Waals surface area contributed by atoms with E-state index in [1.165, 1.54) is 0 Å². The second-order valence-corrected chi connectivity index (χ2v) is 5.91. The molecule has 2 atom stereocenters. The molecule has 0 aliphatic carbocycles. The predicted molar refractivity (Wildman–Crippen MR) is 75.9 cm³/mol. The van der Waals surface area contributed by atoms with Gasteiger partial charge in [-0.1, -0.05) is 17.7 Å². The summed E-state index contributed by atoms with van der Waals surface area (Å²) in [5.41, 5.74) is -0.100. The first-order valence-corrected chi connectivity index (χ1v) is 7.23. The van der Waals surface area contributed by atoms with Gasteiger partial charge in [0.05, 0.1) is 0 Å². The Morgan fingerprint density at radius 3 is 2.76 bits per heavy atom. The van der Waals surface area contributed by atoms with Crippen LogP contribution in [-0.2, 0) is 14.3 Å². The Hall–Kier alpha value is -2.04. The van der Waals surface area contributed by atoms with Crippen LogP contribution in [0.3, 0.4) is 0 Å². The SMILES string of the molecule is Cc1ccc(OC[C@@]2(C)OC(=O)[C@H]3CCCN3C2=O)cc1. The first-order chi connectivity index (χ1) is 9.99. The monoisotopic (exact) mass is 289 g/mol. The van der Waals surface area contributed by atoms with Crippen molar-refractivity contribution in [2.45, 2.75) is 38.3 Å². The number of benzene rings is 1. The van der Waals surface area contributed by atoms with Crippen LogP contribution in [-0.4, -0.2) is 41.6 Å². The predicted octanol–water partition coefficient (Wildman–Crippen LogP) is 1.68. The number of carbonyl (C=O) groups is 2. The van der Waals surface area contributed by atoms with E-state index in [1.807, 2.05) is 31.2 Å². The van der Waals surface area contributed by atoms with Gasteiger partial charge in [-0.05, 0) is 38.8 Å². The Morgan fingerprint density at radius 1 is 1.33 bits per heavy atom. The molecule has 0 bridgehead atoms. The molecule has 2 aliphatic heterocycles. The molecular formula is C16H19NO4. The van der Waals surface area contributed by atoms with Crippen LogP contribution in [0.5, 0.6) is 5.75 Å². The van der Waals surface area contributed by atoms with Crippen LogP contribution in [0.25, 0.3) is 0 Å². The van der Waals surface area contributed by atoms with Crippen molar-refractivity contribution in [3.8, 4) is 5.75 Å². The molecular weight excluding hydrogens is 270 g/mol. The van der Waals surface area contributed by atoms with E-state index in [0.29, 0.717) is 18.7 Å². The maximum atomic E-state index is 12.5. The van der Waals surface area contributed by atoms with Gasteiger partial charge < -0.3 is 14.4 Å². The Labute approximate surface area is 123 Å². The van der Waals surface area contributed by atoms with E-state index in [0.717, 1.165) is 12.0 Å². The molecule has 0 aromatic heterocycles. The Balaban J connectivity index is 1.72. The molecule has 0 spiro atoms. The maximum Gasteiger partial charge on any atom is 0.330 e. The van der Waals surface area contributed by atoms with Gasteiger partial charge in [-0.3, -0.25) is 4.79 Å². The second kappa shape index (κ2) is 5.06. The van der Waals surface area contributed by atoms with Crippen molar-refractivity contribution < 1.29 is 19.1 Å². The summed E-state index contributed by atoms with van der Waals surface area (Å²) in [5.74, 6) is 0.188. The normalized spacial score (nSPS) is 28.3. The highest BCUT2D eigenvalue weighted by Crippen LogP contribution is 2.31. The van der Waals surface area contributed by atoms with E-state index in [2.05, 4.69) is 0 Å². The van der Waals surface area contributed by atoms with Gasteiger partial charge in [-0.25, -0.2) is 4.79 Å². The Bertz CT molecular complexity index is 568. The summed E-state index contributed by atoms with van der Waals surface area (Å²) in [7, 11) is 0. The summed E-state index contributed by atoms with van der Waals surface area (Å²) < 4.78 is 11.0. The number of rotatable bonds is 3. The van der Waals surface area contributed by atoms with E-state index in [1.54, 1.807) is 11.8 Å². The van der Waals surface area contributed by atoms with Crippen molar-refractivity contribution in [3.05, 3.63) is 29.8 Å². The summed E-state index contributed by atoms with van der Waals surface area (Å²) in [5, 5.41) is 0. The molecule has 1 aromatic rings. The fraction of sp³-hybridized carbons (Fsp3) is 0.500. The van der Waals surface area contributed by atoms with Gasteiger partial charge in [-0.2, -0.15) is 0 Å². The molecule has 0 unspecified atom stereocenters. The zero-order chi connectivity index (χ0) is 15.0. The Morgan fingerprint density at radius 2 is 2.05 bits per heavy atom. The summed E-state index contributed by atoms with van der Waals surface area (Å²) in [6.45, 7) is 4.27. The number of fused-ring (bicyclic) bond motifs is 1. The lowest BCUT2D eigenvalue weighted by Crippen LogP contribution is -2.61. The van der Waals surface area contributed by atoms with Crippen molar-refractivity contribution in [1.82, 2.24) is 4.90 Å². The van der Waals surface area contributed by atoms with Crippen molar-refractivity contribution in [2.75, 3.05) is 13.2 Å². The number of carbonyl (C=O) groups excluding carboxylic acids is 2. The van der Waals surface area contributed by atoms with Crippen molar-refractivity contribution in [2.24, 2.45) is 0 Å². The van der Waals surface area contributed by atoms with E-state index in [4.69, 9.17) is 9.47 Å². The molecule has 0 saturated carbocycles. The average Bonchev–Trinajstić information content (AvgIpc) is 2.94. The lowest BCUT2D eigenvalue weighted by atomic mass is 10.0. The molecule has 3 rings (SSSR count). The molecule has 2 fully saturated rings. The topological polar surface area (TPSA) is 55.8 Å². The highest BCUT2D eigenvalue weighted by molar-refractivity contribution is 5.95. The molecule has 2 heterocycles. The van der Waals surface area contributed by atoms with E-state index in [9.17, 15) is 9.59 Å². The van der Waals surface area contributed by atoms with Gasteiger partial charge >= 0.3 is 5.97 Å². The largest absolute Gasteiger partial charge is 0.489 e. The van der Waals surface area contributed by atoms with Crippen LogP contribution in [0.4, 0.5) is 0 Å². The minimum Gasteiger partial charge on any atom is -0.489 e. The third-order valence-electron chi connectivity index (χ3n) is 4.10. The van der Waals surface area contributed by atoms with Crippen LogP contribution >= 0.6 is 0 Å². The summed E-state index contributed by atoms with van der Waals surface area (Å²) in [6.07, 6.45) is 1.54. The molecule has 21 heavy (non-hydrogen) atoms. The van der Waals surface area contributed by atoms with Crippen LogP contribution in [0.15, 0.2) is 24.3 Å². The molecule has 0 N–H and O–H groups in total. The van der Waals surface area contributed by atoms with Crippen molar-refractivity contribution >= 4 is 11.9 Å². The number of esters is 1. The average molecular weight is 289 g/mol. The zero-order valence-electron chi connectivity index (χ0n) is 12.3. The number of nitrogens with zero attached hydrogens (tertiary/aromatic N) is 1. The molecule has 1 aromatic carbocycles. The van der Waals surface area contributed by atoms with Crippen LogP contribution < -0.4 is 4.74 Å². The molecule has 2 aliphatic rings. The highest BCUT2D eigenvalue weighted by Gasteiger charge is 2.52. The van der Waals surface area contributed by atoms with E-state index < -0.39 is 11.6 Å². The van der Waals surface area contributed by atoms with Crippen molar-refractivity contribution in [1.29, 1.82) is 0 Å². The van der Waals surface area contributed by atoms with Gasteiger partial charge in [-0.15, -0.1) is 0 Å². The van der Waals surface area contributed by atoms with Crippen LogP contribution in [0.2, 0.25) is 0 Å². The third kappa shape index (κ3) is 2.48. The lowest BCUT2D eigenvalue weighted by molar-refractivity contribution is -0.191. The quantitative estimate of drug-likeness (QED) is 0.794. The zero-order valence-corrected chi connectivity index (χ0v) is 12.3. The summed E-state index contributed by atoms with van der Waals surface area (Å²) >= 11 is 0. The summed E-state index contributed by atoms with van der Waals surface area (Å²) in [6, 6.07) is 7.15. The van der Waals surface area contributed by atoms with Gasteiger partial charge in [0.25, 0.3) is 5.91 Å². The van der Waals surface area contributed by atoms with Crippen LogP contribution in [0.1, 0.15) is 25.3 Å². The number of aryl methyl sites for hydroxylation is 1. The molecule has 2 saturated heterocycles. The second-order valence-electron chi connectivity index (χ2n) is 5.91. The third-order valence-corrected chi connectivity index (χ3v) is 4.10. The highest BCUT2D eigenvalue weighted by atomic mass is 16.6. The lowest BCUT2D eigenvalue weighted by Gasteiger charge is -2.39. The molecule has 0 radical (unpaired) electrons. The van der Waals surface area contributed by atoms with Gasteiger partial charge in [0.2, 0.25) is 5.60 Å². The van der Waals surface area contributed by atoms with Gasteiger partial charge in [0, 0.05) is 6.54 Å². The molecule has 5 heteroatoms. The van der Waals surface area contributed by atoms with Gasteiger partial charge in [0.1, 0.15) is 18.4 Å². The number of cyclic esters (lactones) is 1. The first kappa shape index (κ1) is 13.9. The van der Waals surface area contributed by atoms with Gasteiger partial charge in [0.15, 0.2) is 0 Å². The fourth-order valence-electron chi connectivity index (χ4n) is 2.84. The molecule has 112 valence electrons. The van der Waals surface area contributed by atoms with E-state index >= 15 is 0 Å². The number of hydrogen-bond acceptors (Lipinski definition) is 4. The number of morpholine rings is 1. The fourth-order valence-corrected chi connectivity index (χ4v) is 2.84. The smallest absolute Gasteiger partial charge is 0.330 e. The van der Waals surface area contributed by atoms with Crippen molar-refractivity contribution in [3.63, 3.8) is 0 Å². The Kier molecular flexibility index (Phi) is 3.35. The minimum absolute atomic E-state index is 0.0316. The minimum atomic E-state index is -1.23. The van der Waals surface area contributed by atoms with E-state index in [-0.39, 0.29) is 18.5 Å². The van der Waals surface area contributed by atoms with Crippen LogP contribution in [0, 0.1) is 6.92 Å².